The number of allylic oxidation sites excluding steroid dienone is 1. The third kappa shape index (κ3) is 3.45. The van der Waals surface area contributed by atoms with Crippen molar-refractivity contribution in [2.24, 2.45) is 0 Å². The molecule has 0 heterocycles. The van der Waals surface area contributed by atoms with E-state index in [4.69, 9.17) is 15.6 Å². The lowest BCUT2D eigenvalue weighted by molar-refractivity contribution is 0.299. The summed E-state index contributed by atoms with van der Waals surface area (Å²) in [5, 5.41) is 28.6. The Balaban J connectivity index is 2.67. The minimum Gasteiger partial charge on any atom is -0.396 e. The molecule has 0 aromatic heterocycles. The van der Waals surface area contributed by atoms with E-state index < -0.39 is 0 Å². The molecule has 0 unspecified atom stereocenters. The molecular weight excluding hydrogens is 202 g/mol. The van der Waals surface area contributed by atoms with E-state index in [9.17, 15) is 0 Å². The van der Waals surface area contributed by atoms with Gasteiger partial charge in [-0.1, -0.05) is 12.1 Å². The normalized spacial score (nSPS) is 8.69. The van der Waals surface area contributed by atoms with Crippen molar-refractivity contribution in [1.82, 2.24) is 0 Å². The fourth-order valence-corrected chi connectivity index (χ4v) is 1.14. The van der Waals surface area contributed by atoms with Crippen molar-refractivity contribution in [2.75, 3.05) is 11.9 Å². The highest BCUT2D eigenvalue weighted by Crippen LogP contribution is 2.10. The zero-order chi connectivity index (χ0) is 11.8. The standard InChI is InChI=1S/C12H11N3O/c13-7-11(8-14)9-15-12-3-1-10(2-4-12)5-6-16/h1-4,9,15-16H,5-6H2. The van der Waals surface area contributed by atoms with Crippen molar-refractivity contribution in [1.29, 1.82) is 10.5 Å². The van der Waals surface area contributed by atoms with Crippen LogP contribution in [0.15, 0.2) is 36.0 Å². The van der Waals surface area contributed by atoms with Crippen LogP contribution >= 0.6 is 0 Å². The molecule has 0 amide bonds. The van der Waals surface area contributed by atoms with E-state index in [1.165, 1.54) is 6.20 Å². The number of aliphatic hydroxyl groups excluding tert-OH is 1. The van der Waals surface area contributed by atoms with Gasteiger partial charge in [-0.2, -0.15) is 10.5 Å². The van der Waals surface area contributed by atoms with Gasteiger partial charge in [-0.3, -0.25) is 0 Å². The van der Waals surface area contributed by atoms with Gasteiger partial charge in [-0.05, 0) is 24.1 Å². The first-order valence-electron chi connectivity index (χ1n) is 4.77. The lowest BCUT2D eigenvalue weighted by atomic mass is 10.1. The number of nitrogens with one attached hydrogen (secondary N) is 1. The lowest BCUT2D eigenvalue weighted by Gasteiger charge is -2.02. The van der Waals surface area contributed by atoms with E-state index in [-0.39, 0.29) is 12.2 Å². The zero-order valence-electron chi connectivity index (χ0n) is 8.64. The van der Waals surface area contributed by atoms with Crippen LogP contribution in [0, 0.1) is 22.7 Å². The van der Waals surface area contributed by atoms with Crippen molar-refractivity contribution in [3.8, 4) is 12.1 Å². The van der Waals surface area contributed by atoms with Crippen molar-refractivity contribution in [2.45, 2.75) is 6.42 Å². The largest absolute Gasteiger partial charge is 0.396 e. The van der Waals surface area contributed by atoms with E-state index in [1.54, 1.807) is 12.1 Å². The number of rotatable bonds is 4. The number of hydrogen-bond acceptors (Lipinski definition) is 4. The van der Waals surface area contributed by atoms with Crippen molar-refractivity contribution in [3.05, 3.63) is 41.6 Å². The van der Waals surface area contributed by atoms with E-state index in [2.05, 4.69) is 5.32 Å². The van der Waals surface area contributed by atoms with Crippen molar-refractivity contribution in [3.63, 3.8) is 0 Å². The fourth-order valence-electron chi connectivity index (χ4n) is 1.14. The van der Waals surface area contributed by atoms with Gasteiger partial charge in [0, 0.05) is 18.5 Å². The first-order chi connectivity index (χ1) is 7.80. The number of anilines is 1. The monoisotopic (exact) mass is 213 g/mol. The Labute approximate surface area is 94.1 Å². The van der Waals surface area contributed by atoms with Crippen LogP contribution in [0.5, 0.6) is 0 Å². The highest BCUT2D eigenvalue weighted by Gasteiger charge is 1.94. The third-order valence-corrected chi connectivity index (χ3v) is 1.98. The second kappa shape index (κ2) is 6.23. The van der Waals surface area contributed by atoms with Gasteiger partial charge in [-0.15, -0.1) is 0 Å². The summed E-state index contributed by atoms with van der Waals surface area (Å²) >= 11 is 0. The molecule has 0 aliphatic rings. The molecule has 0 bridgehead atoms. The Hall–Kier alpha value is -2.30. The highest BCUT2D eigenvalue weighted by atomic mass is 16.2. The molecule has 1 aromatic rings. The predicted molar refractivity (Wildman–Crippen MR) is 60.2 cm³/mol. The molecule has 0 saturated carbocycles. The molecule has 1 rings (SSSR count). The van der Waals surface area contributed by atoms with E-state index in [0.717, 1.165) is 11.3 Å². The molecule has 4 heteroatoms. The second-order valence-corrected chi connectivity index (χ2v) is 3.10. The summed E-state index contributed by atoms with van der Waals surface area (Å²) < 4.78 is 0. The summed E-state index contributed by atoms with van der Waals surface area (Å²) in [5.41, 5.74) is 1.86. The molecule has 80 valence electrons. The van der Waals surface area contributed by atoms with Crippen LogP contribution in [-0.2, 0) is 6.42 Å². The molecule has 0 radical (unpaired) electrons. The van der Waals surface area contributed by atoms with Gasteiger partial charge in [-0.25, -0.2) is 0 Å². The van der Waals surface area contributed by atoms with E-state index >= 15 is 0 Å². The molecule has 0 aliphatic heterocycles. The average Bonchev–Trinajstić information content (AvgIpc) is 2.33. The van der Waals surface area contributed by atoms with Gasteiger partial charge in [0.1, 0.15) is 17.7 Å². The zero-order valence-corrected chi connectivity index (χ0v) is 8.64. The molecule has 0 aliphatic carbocycles. The van der Waals surface area contributed by atoms with Gasteiger partial charge in [0.05, 0.1) is 0 Å². The maximum Gasteiger partial charge on any atom is 0.145 e. The third-order valence-electron chi connectivity index (χ3n) is 1.98. The topological polar surface area (TPSA) is 79.8 Å². The quantitative estimate of drug-likeness (QED) is 0.744. The van der Waals surface area contributed by atoms with Gasteiger partial charge in [0.2, 0.25) is 0 Å². The van der Waals surface area contributed by atoms with Crippen molar-refractivity contribution >= 4 is 5.69 Å². The summed E-state index contributed by atoms with van der Waals surface area (Å²) in [6, 6.07) is 10.9. The second-order valence-electron chi connectivity index (χ2n) is 3.10. The van der Waals surface area contributed by atoms with Gasteiger partial charge in [0.25, 0.3) is 0 Å². The lowest BCUT2D eigenvalue weighted by Crippen LogP contribution is -1.92. The SMILES string of the molecule is N#CC(C#N)=CNc1ccc(CCO)cc1. The van der Waals surface area contributed by atoms with Crippen LogP contribution in [0.4, 0.5) is 5.69 Å². The molecule has 0 saturated heterocycles. The van der Waals surface area contributed by atoms with Crippen LogP contribution in [0.2, 0.25) is 0 Å². The minimum absolute atomic E-state index is 0.0273. The summed E-state index contributed by atoms with van der Waals surface area (Å²) in [6.45, 7) is 0.125. The Morgan fingerprint density at radius 2 is 1.88 bits per heavy atom. The number of aliphatic hydroxyl groups is 1. The number of nitrogens with zero attached hydrogens (tertiary/aromatic N) is 2. The number of benzene rings is 1. The first-order valence-corrected chi connectivity index (χ1v) is 4.77. The van der Waals surface area contributed by atoms with E-state index in [0.29, 0.717) is 6.42 Å². The molecule has 16 heavy (non-hydrogen) atoms. The maximum atomic E-state index is 8.73. The Bertz CT molecular complexity index is 433. The smallest absolute Gasteiger partial charge is 0.145 e. The average molecular weight is 213 g/mol. The first kappa shape index (κ1) is 11.8. The number of nitriles is 2. The van der Waals surface area contributed by atoms with Crippen molar-refractivity contribution < 1.29 is 5.11 Å². The van der Waals surface area contributed by atoms with Gasteiger partial charge < -0.3 is 10.4 Å². The summed E-state index contributed by atoms with van der Waals surface area (Å²) in [7, 11) is 0. The van der Waals surface area contributed by atoms with Crippen LogP contribution < -0.4 is 5.32 Å². The maximum absolute atomic E-state index is 8.73. The molecule has 2 N–H and O–H groups in total. The summed E-state index contributed by atoms with van der Waals surface area (Å²) in [4.78, 5) is 0. The molecule has 0 spiro atoms. The van der Waals surface area contributed by atoms with Gasteiger partial charge >= 0.3 is 0 Å². The Morgan fingerprint density at radius 1 is 1.25 bits per heavy atom. The molecule has 0 fully saturated rings. The molecule has 0 atom stereocenters. The minimum atomic E-state index is 0.0273. The van der Waals surface area contributed by atoms with Crippen LogP contribution in [0.3, 0.4) is 0 Å². The highest BCUT2D eigenvalue weighted by molar-refractivity contribution is 5.50. The fraction of sp³-hybridized carbons (Fsp3) is 0.167. The predicted octanol–water partition coefficient (Wildman–Crippen LogP) is 1.56. The van der Waals surface area contributed by atoms with Crippen LogP contribution in [0.1, 0.15) is 5.56 Å². The Kier molecular flexibility index (Phi) is 4.59. The Morgan fingerprint density at radius 3 is 2.38 bits per heavy atom. The molecule has 1 aromatic carbocycles. The van der Waals surface area contributed by atoms with Gasteiger partial charge in [0.15, 0.2) is 0 Å². The number of hydrogen-bond donors (Lipinski definition) is 2. The van der Waals surface area contributed by atoms with Crippen LogP contribution in [0.25, 0.3) is 0 Å². The van der Waals surface area contributed by atoms with E-state index in [1.807, 2.05) is 24.3 Å². The molecule has 4 nitrogen and oxygen atoms in total. The van der Waals surface area contributed by atoms with Crippen LogP contribution in [-0.4, -0.2) is 11.7 Å². The molecular formula is C12H11N3O. The summed E-state index contributed by atoms with van der Waals surface area (Å²) in [6.07, 6.45) is 1.98. The summed E-state index contributed by atoms with van der Waals surface area (Å²) in [5.74, 6) is 0.